The van der Waals surface area contributed by atoms with Crippen LogP contribution in [0.5, 0.6) is 5.75 Å². The van der Waals surface area contributed by atoms with E-state index in [1.165, 1.54) is 23.1 Å². The summed E-state index contributed by atoms with van der Waals surface area (Å²) in [6.07, 6.45) is 1.95. The summed E-state index contributed by atoms with van der Waals surface area (Å²) in [6.45, 7) is 1.84. The molecule has 0 radical (unpaired) electrons. The lowest BCUT2D eigenvalue weighted by molar-refractivity contribution is -0.115. The Morgan fingerprint density at radius 3 is 2.71 bits per heavy atom. The first-order valence-electron chi connectivity index (χ1n) is 6.12. The van der Waals surface area contributed by atoms with Crippen LogP contribution in [0.3, 0.4) is 0 Å². The molecular weight excluding hydrogens is 326 g/mol. The van der Waals surface area contributed by atoms with E-state index in [1.54, 1.807) is 18.9 Å². The van der Waals surface area contributed by atoms with Gasteiger partial charge in [-0.15, -0.1) is 10.2 Å². The van der Waals surface area contributed by atoms with E-state index in [1.807, 2.05) is 37.4 Å². The number of hydrogen-bond acceptors (Lipinski definition) is 7. The minimum absolute atomic E-state index is 0.0922. The van der Waals surface area contributed by atoms with Gasteiger partial charge in [-0.25, -0.2) is 0 Å². The van der Waals surface area contributed by atoms with Crippen molar-refractivity contribution < 1.29 is 9.53 Å². The Morgan fingerprint density at radius 1 is 1.33 bits per heavy atom. The Hall–Kier alpha value is -1.25. The third-order valence-electron chi connectivity index (χ3n) is 2.57. The molecule has 0 bridgehead atoms. The van der Waals surface area contributed by atoms with Gasteiger partial charge >= 0.3 is 0 Å². The van der Waals surface area contributed by atoms with Crippen LogP contribution in [0.2, 0.25) is 0 Å². The second kappa shape index (κ2) is 7.67. The molecule has 0 unspecified atom stereocenters. The van der Waals surface area contributed by atoms with Crippen LogP contribution < -0.4 is 10.1 Å². The smallest absolute Gasteiger partial charge is 0.237 e. The maximum absolute atomic E-state index is 12.2. The summed E-state index contributed by atoms with van der Waals surface area (Å²) in [5.41, 5.74) is 0.666. The van der Waals surface area contributed by atoms with Gasteiger partial charge in [-0.3, -0.25) is 4.79 Å². The van der Waals surface area contributed by atoms with Gasteiger partial charge in [0.1, 0.15) is 5.75 Å². The monoisotopic (exact) mass is 341 g/mol. The Kier molecular flexibility index (Phi) is 5.89. The molecule has 0 aliphatic rings. The van der Waals surface area contributed by atoms with Gasteiger partial charge in [-0.05, 0) is 25.3 Å². The SMILES string of the molecule is COc1ccccc1NC(=O)[C@H](C)Sc1nnc(SC)s1. The Labute approximate surface area is 135 Å². The molecule has 0 aliphatic carbocycles. The number of para-hydroxylation sites is 2. The molecule has 0 spiro atoms. The van der Waals surface area contributed by atoms with Crippen molar-refractivity contribution in [3.63, 3.8) is 0 Å². The summed E-state index contributed by atoms with van der Waals surface area (Å²) >= 11 is 4.44. The van der Waals surface area contributed by atoms with Gasteiger partial charge in [-0.2, -0.15) is 0 Å². The number of hydrogen-bond donors (Lipinski definition) is 1. The summed E-state index contributed by atoms with van der Waals surface area (Å²) < 4.78 is 6.91. The lowest BCUT2D eigenvalue weighted by atomic mass is 10.3. The highest BCUT2D eigenvalue weighted by molar-refractivity contribution is 8.03. The van der Waals surface area contributed by atoms with Gasteiger partial charge in [0.05, 0.1) is 18.0 Å². The average Bonchev–Trinajstić information content (AvgIpc) is 2.95. The van der Waals surface area contributed by atoms with E-state index < -0.39 is 0 Å². The van der Waals surface area contributed by atoms with Gasteiger partial charge in [0.2, 0.25) is 5.91 Å². The zero-order valence-corrected chi connectivity index (χ0v) is 14.3. The molecule has 1 N–H and O–H groups in total. The number of nitrogens with one attached hydrogen (secondary N) is 1. The van der Waals surface area contributed by atoms with Crippen molar-refractivity contribution in [2.75, 3.05) is 18.7 Å². The van der Waals surface area contributed by atoms with Crippen molar-refractivity contribution in [3.05, 3.63) is 24.3 Å². The van der Waals surface area contributed by atoms with E-state index in [0.29, 0.717) is 11.4 Å². The number of carbonyl (C=O) groups excluding carboxylic acids is 1. The predicted molar refractivity (Wildman–Crippen MR) is 88.6 cm³/mol. The molecular formula is C13H15N3O2S3. The molecule has 112 valence electrons. The Morgan fingerprint density at radius 2 is 2.05 bits per heavy atom. The van der Waals surface area contributed by atoms with Crippen LogP contribution in [0.1, 0.15) is 6.92 Å². The molecule has 1 atom stereocenters. The van der Waals surface area contributed by atoms with Crippen molar-refractivity contribution in [1.82, 2.24) is 10.2 Å². The topological polar surface area (TPSA) is 64.1 Å². The van der Waals surface area contributed by atoms with Crippen LogP contribution >= 0.6 is 34.9 Å². The number of nitrogens with zero attached hydrogens (tertiary/aromatic N) is 2. The highest BCUT2D eigenvalue weighted by atomic mass is 32.2. The third-order valence-corrected chi connectivity index (χ3v) is 5.66. The molecule has 0 aliphatic heterocycles. The number of carbonyl (C=O) groups is 1. The molecule has 2 rings (SSSR count). The summed E-state index contributed by atoms with van der Waals surface area (Å²) in [5, 5.41) is 10.7. The molecule has 5 nitrogen and oxygen atoms in total. The number of methoxy groups -OCH3 is 1. The van der Waals surface area contributed by atoms with Crippen molar-refractivity contribution >= 4 is 46.5 Å². The molecule has 0 fully saturated rings. The fourth-order valence-corrected chi connectivity index (χ4v) is 4.10. The standard InChI is InChI=1S/C13H15N3O2S3/c1-8(20-13-16-15-12(19-3)21-13)11(17)14-9-6-4-5-7-10(9)18-2/h4-8H,1-3H3,(H,14,17)/t8-/m0/s1. The van der Waals surface area contributed by atoms with Crippen molar-refractivity contribution in [1.29, 1.82) is 0 Å². The molecule has 1 amide bonds. The maximum Gasteiger partial charge on any atom is 0.237 e. The summed E-state index contributed by atoms with van der Waals surface area (Å²) in [5.74, 6) is 0.550. The van der Waals surface area contributed by atoms with Crippen LogP contribution in [-0.4, -0.2) is 34.7 Å². The van der Waals surface area contributed by atoms with Crippen LogP contribution in [0.25, 0.3) is 0 Å². The lowest BCUT2D eigenvalue weighted by Crippen LogP contribution is -2.22. The van der Waals surface area contributed by atoms with E-state index in [-0.39, 0.29) is 11.2 Å². The zero-order valence-electron chi connectivity index (χ0n) is 11.8. The summed E-state index contributed by atoms with van der Waals surface area (Å²) in [6, 6.07) is 7.33. The molecule has 0 saturated heterocycles. The second-order valence-corrected chi connectivity index (χ2v) is 7.61. The highest BCUT2D eigenvalue weighted by Gasteiger charge is 2.18. The summed E-state index contributed by atoms with van der Waals surface area (Å²) in [4.78, 5) is 12.2. The van der Waals surface area contributed by atoms with Crippen molar-refractivity contribution in [2.24, 2.45) is 0 Å². The van der Waals surface area contributed by atoms with Crippen LogP contribution in [-0.2, 0) is 4.79 Å². The fraction of sp³-hybridized carbons (Fsp3) is 0.308. The number of anilines is 1. The normalized spacial score (nSPS) is 12.0. The number of rotatable bonds is 6. The van der Waals surface area contributed by atoms with Crippen LogP contribution in [0, 0.1) is 0 Å². The number of aromatic nitrogens is 2. The summed E-state index contributed by atoms with van der Waals surface area (Å²) in [7, 11) is 1.58. The number of ether oxygens (including phenoxy) is 1. The minimum Gasteiger partial charge on any atom is -0.495 e. The molecule has 21 heavy (non-hydrogen) atoms. The molecule has 1 aromatic carbocycles. The average molecular weight is 341 g/mol. The molecule has 0 saturated carbocycles. The first-order valence-corrected chi connectivity index (χ1v) is 9.04. The molecule has 8 heteroatoms. The van der Waals surface area contributed by atoms with Crippen LogP contribution in [0.4, 0.5) is 5.69 Å². The predicted octanol–water partition coefficient (Wildman–Crippen LogP) is 3.39. The fourth-order valence-electron chi connectivity index (χ4n) is 1.51. The molecule has 2 aromatic rings. The van der Waals surface area contributed by atoms with Gasteiger partial charge in [0, 0.05) is 0 Å². The highest BCUT2D eigenvalue weighted by Crippen LogP contribution is 2.31. The Bertz CT molecular complexity index is 618. The van der Waals surface area contributed by atoms with Crippen molar-refractivity contribution in [3.8, 4) is 5.75 Å². The van der Waals surface area contributed by atoms with Gasteiger partial charge < -0.3 is 10.1 Å². The van der Waals surface area contributed by atoms with E-state index in [4.69, 9.17) is 4.74 Å². The number of thioether (sulfide) groups is 2. The first-order chi connectivity index (χ1) is 10.1. The molecule has 1 aromatic heterocycles. The van der Waals surface area contributed by atoms with E-state index in [2.05, 4.69) is 15.5 Å². The lowest BCUT2D eigenvalue weighted by Gasteiger charge is -2.12. The van der Waals surface area contributed by atoms with E-state index >= 15 is 0 Å². The number of benzene rings is 1. The largest absolute Gasteiger partial charge is 0.495 e. The third kappa shape index (κ3) is 4.36. The molecule has 1 heterocycles. The van der Waals surface area contributed by atoms with Gasteiger partial charge in [-0.1, -0.05) is 47.0 Å². The van der Waals surface area contributed by atoms with Gasteiger partial charge in [0.15, 0.2) is 8.68 Å². The minimum atomic E-state index is -0.266. The first kappa shape index (κ1) is 16.1. The maximum atomic E-state index is 12.2. The zero-order chi connectivity index (χ0) is 15.2. The van der Waals surface area contributed by atoms with E-state index in [9.17, 15) is 4.79 Å². The quantitative estimate of drug-likeness (QED) is 0.813. The van der Waals surface area contributed by atoms with Gasteiger partial charge in [0.25, 0.3) is 0 Å². The Balaban J connectivity index is 1.99. The van der Waals surface area contributed by atoms with Crippen LogP contribution in [0.15, 0.2) is 32.9 Å². The number of amides is 1. The van der Waals surface area contributed by atoms with E-state index in [0.717, 1.165) is 8.68 Å². The van der Waals surface area contributed by atoms with Crippen molar-refractivity contribution in [2.45, 2.75) is 20.9 Å². The second-order valence-electron chi connectivity index (χ2n) is 3.99.